The Morgan fingerprint density at radius 1 is 1.32 bits per heavy atom. The Hall–Kier alpha value is -1.14. The molecule has 1 aliphatic carbocycles. The second-order valence-electron chi connectivity index (χ2n) is 5.03. The van der Waals surface area contributed by atoms with Gasteiger partial charge in [0.2, 0.25) is 10.0 Å². The van der Waals surface area contributed by atoms with Crippen molar-refractivity contribution in [3.63, 3.8) is 0 Å². The lowest BCUT2D eigenvalue weighted by Gasteiger charge is -2.11. The van der Waals surface area contributed by atoms with Crippen LogP contribution in [-0.4, -0.2) is 15.0 Å². The van der Waals surface area contributed by atoms with Gasteiger partial charge in [-0.2, -0.15) is 0 Å². The maximum absolute atomic E-state index is 13.6. The van der Waals surface area contributed by atoms with Gasteiger partial charge in [0.05, 0.1) is 0 Å². The molecule has 0 radical (unpaired) electrons. The van der Waals surface area contributed by atoms with E-state index in [9.17, 15) is 12.8 Å². The topological polar surface area (TPSA) is 72.2 Å². The molecule has 1 aliphatic rings. The molecule has 4 nitrogen and oxygen atoms in total. The summed E-state index contributed by atoms with van der Waals surface area (Å²) in [5.74, 6) is -0.215. The number of anilines is 1. The largest absolute Gasteiger partial charge is 0.399 e. The SMILES string of the molecule is Nc1ccc(S(=O)(=O)NCCC2CCCC2)c(F)c1. The van der Waals surface area contributed by atoms with Crippen LogP contribution in [0, 0.1) is 11.7 Å². The molecule has 1 aromatic rings. The maximum atomic E-state index is 13.6. The third-order valence-corrected chi connectivity index (χ3v) is 5.06. The summed E-state index contributed by atoms with van der Waals surface area (Å²) in [6.07, 6.45) is 5.60. The minimum atomic E-state index is -3.78. The van der Waals surface area contributed by atoms with Gasteiger partial charge in [-0.15, -0.1) is 0 Å². The van der Waals surface area contributed by atoms with E-state index in [0.717, 1.165) is 25.3 Å². The molecule has 0 aliphatic heterocycles. The number of nitrogen functional groups attached to an aromatic ring is 1. The summed E-state index contributed by atoms with van der Waals surface area (Å²) >= 11 is 0. The lowest BCUT2D eigenvalue weighted by Crippen LogP contribution is -2.26. The van der Waals surface area contributed by atoms with Crippen molar-refractivity contribution in [1.82, 2.24) is 4.72 Å². The molecule has 6 heteroatoms. The Morgan fingerprint density at radius 3 is 2.63 bits per heavy atom. The Labute approximate surface area is 113 Å². The molecule has 1 aromatic carbocycles. The van der Waals surface area contributed by atoms with Crippen LogP contribution in [0.4, 0.5) is 10.1 Å². The van der Waals surface area contributed by atoms with Crippen LogP contribution >= 0.6 is 0 Å². The zero-order valence-corrected chi connectivity index (χ0v) is 11.5. The van der Waals surface area contributed by atoms with Crippen LogP contribution < -0.4 is 10.5 Å². The normalized spacial score (nSPS) is 16.9. The lowest BCUT2D eigenvalue weighted by atomic mass is 10.1. The van der Waals surface area contributed by atoms with Crippen molar-refractivity contribution in [3.05, 3.63) is 24.0 Å². The number of nitrogens with two attached hydrogens (primary N) is 1. The Kier molecular flexibility index (Phi) is 4.42. The zero-order chi connectivity index (χ0) is 13.9. The van der Waals surface area contributed by atoms with Gasteiger partial charge in [-0.05, 0) is 30.5 Å². The Morgan fingerprint density at radius 2 is 2.00 bits per heavy atom. The second-order valence-corrected chi connectivity index (χ2v) is 6.76. The van der Waals surface area contributed by atoms with Crippen LogP contribution in [0.3, 0.4) is 0 Å². The molecule has 0 unspecified atom stereocenters. The highest BCUT2D eigenvalue weighted by atomic mass is 32.2. The fraction of sp³-hybridized carbons (Fsp3) is 0.538. The summed E-state index contributed by atoms with van der Waals surface area (Å²) in [5, 5.41) is 0. The van der Waals surface area contributed by atoms with Crippen molar-refractivity contribution >= 4 is 15.7 Å². The molecule has 19 heavy (non-hydrogen) atoms. The Balaban J connectivity index is 1.97. The van der Waals surface area contributed by atoms with Gasteiger partial charge in [0, 0.05) is 12.2 Å². The zero-order valence-electron chi connectivity index (χ0n) is 10.7. The molecule has 106 valence electrons. The minimum absolute atomic E-state index is 0.211. The predicted octanol–water partition coefficient (Wildman–Crippen LogP) is 2.27. The monoisotopic (exact) mass is 286 g/mol. The number of benzene rings is 1. The van der Waals surface area contributed by atoms with Crippen molar-refractivity contribution < 1.29 is 12.8 Å². The molecule has 2 rings (SSSR count). The first-order chi connectivity index (χ1) is 8.99. The van der Waals surface area contributed by atoms with E-state index < -0.39 is 15.8 Å². The average Bonchev–Trinajstić information content (AvgIpc) is 2.81. The summed E-state index contributed by atoms with van der Waals surface area (Å²) in [5.41, 5.74) is 5.61. The number of halogens is 1. The molecular formula is C13H19FN2O2S. The fourth-order valence-corrected chi connectivity index (χ4v) is 3.61. The van der Waals surface area contributed by atoms with Crippen molar-refractivity contribution in [3.8, 4) is 0 Å². The molecule has 0 aromatic heterocycles. The van der Waals surface area contributed by atoms with Crippen molar-refractivity contribution in [1.29, 1.82) is 0 Å². The van der Waals surface area contributed by atoms with Crippen molar-refractivity contribution in [2.75, 3.05) is 12.3 Å². The summed E-state index contributed by atoms with van der Waals surface area (Å²) in [6.45, 7) is 0.358. The second kappa shape index (κ2) is 5.88. The van der Waals surface area contributed by atoms with Crippen LogP contribution in [-0.2, 0) is 10.0 Å². The fourth-order valence-electron chi connectivity index (χ4n) is 2.51. The van der Waals surface area contributed by atoms with Crippen LogP contribution in [0.1, 0.15) is 32.1 Å². The van der Waals surface area contributed by atoms with E-state index in [1.54, 1.807) is 0 Å². The first-order valence-corrected chi connectivity index (χ1v) is 8.02. The molecule has 0 amide bonds. The highest BCUT2D eigenvalue weighted by molar-refractivity contribution is 7.89. The first kappa shape index (κ1) is 14.3. The van der Waals surface area contributed by atoms with Gasteiger partial charge in [0.1, 0.15) is 10.7 Å². The first-order valence-electron chi connectivity index (χ1n) is 6.54. The van der Waals surface area contributed by atoms with Gasteiger partial charge in [-0.3, -0.25) is 0 Å². The van der Waals surface area contributed by atoms with E-state index in [1.165, 1.54) is 25.0 Å². The van der Waals surface area contributed by atoms with Gasteiger partial charge in [0.15, 0.2) is 0 Å². The third kappa shape index (κ3) is 3.67. The molecule has 0 bridgehead atoms. The van der Waals surface area contributed by atoms with E-state index >= 15 is 0 Å². The van der Waals surface area contributed by atoms with E-state index in [4.69, 9.17) is 5.73 Å². The lowest BCUT2D eigenvalue weighted by molar-refractivity contribution is 0.494. The van der Waals surface area contributed by atoms with Gasteiger partial charge in [-0.1, -0.05) is 25.7 Å². The van der Waals surface area contributed by atoms with Gasteiger partial charge >= 0.3 is 0 Å². The van der Waals surface area contributed by atoms with Crippen LogP contribution in [0.25, 0.3) is 0 Å². The maximum Gasteiger partial charge on any atom is 0.243 e. The predicted molar refractivity (Wildman–Crippen MR) is 72.6 cm³/mol. The van der Waals surface area contributed by atoms with Crippen molar-refractivity contribution in [2.24, 2.45) is 5.92 Å². The number of hydrogen-bond donors (Lipinski definition) is 2. The number of rotatable bonds is 5. The van der Waals surface area contributed by atoms with E-state index in [1.807, 2.05) is 0 Å². The third-order valence-electron chi connectivity index (χ3n) is 3.56. The minimum Gasteiger partial charge on any atom is -0.399 e. The van der Waals surface area contributed by atoms with Crippen LogP contribution in [0.15, 0.2) is 23.1 Å². The summed E-state index contributed by atoms with van der Waals surface area (Å²) < 4.78 is 39.9. The quantitative estimate of drug-likeness (QED) is 0.816. The highest BCUT2D eigenvalue weighted by Gasteiger charge is 2.20. The van der Waals surface area contributed by atoms with E-state index in [0.29, 0.717) is 12.5 Å². The molecule has 3 N–H and O–H groups in total. The van der Waals surface area contributed by atoms with Gasteiger partial charge < -0.3 is 5.73 Å². The molecule has 0 atom stereocenters. The number of sulfonamides is 1. The summed E-state index contributed by atoms with van der Waals surface area (Å²) in [4.78, 5) is -0.340. The van der Waals surface area contributed by atoms with Crippen LogP contribution in [0.2, 0.25) is 0 Å². The number of hydrogen-bond acceptors (Lipinski definition) is 3. The summed E-state index contributed by atoms with van der Waals surface area (Å²) in [6, 6.07) is 3.60. The summed E-state index contributed by atoms with van der Waals surface area (Å²) in [7, 11) is -3.78. The molecular weight excluding hydrogens is 267 g/mol. The highest BCUT2D eigenvalue weighted by Crippen LogP contribution is 2.27. The molecule has 0 spiro atoms. The standard InChI is InChI=1S/C13H19FN2O2S/c14-12-9-11(15)5-6-13(12)19(17,18)16-8-7-10-3-1-2-4-10/h5-6,9-10,16H,1-4,7-8,15H2. The van der Waals surface area contributed by atoms with Crippen molar-refractivity contribution in [2.45, 2.75) is 37.0 Å². The molecule has 1 saturated carbocycles. The molecule has 1 fully saturated rings. The molecule has 0 saturated heterocycles. The smallest absolute Gasteiger partial charge is 0.243 e. The van der Waals surface area contributed by atoms with Gasteiger partial charge in [-0.25, -0.2) is 17.5 Å². The Bertz CT molecular complexity index is 540. The average molecular weight is 286 g/mol. The van der Waals surface area contributed by atoms with E-state index in [2.05, 4.69) is 4.72 Å². The van der Waals surface area contributed by atoms with Gasteiger partial charge in [0.25, 0.3) is 0 Å². The van der Waals surface area contributed by atoms with E-state index in [-0.39, 0.29) is 10.6 Å². The molecule has 0 heterocycles. The van der Waals surface area contributed by atoms with Crippen LogP contribution in [0.5, 0.6) is 0 Å². The number of nitrogens with one attached hydrogen (secondary N) is 1.